The number of hydrogen-bond donors (Lipinski definition) is 2. The van der Waals surface area contributed by atoms with Gasteiger partial charge in [-0.15, -0.1) is 0 Å². The van der Waals surface area contributed by atoms with E-state index < -0.39 is 5.97 Å². The topological polar surface area (TPSA) is 84.5 Å². The largest absolute Gasteiger partial charge is 0.427 e. The smallest absolute Gasteiger partial charge is 0.308 e. The first-order valence-electron chi connectivity index (χ1n) is 9.48. The molecule has 2 aromatic rings. The molecule has 6 heteroatoms. The number of carbonyl (C=O) groups is 3. The molecular formula is C22H24N2O4. The summed E-state index contributed by atoms with van der Waals surface area (Å²) in [5.74, 6) is -0.184. The fourth-order valence-electron chi connectivity index (χ4n) is 3.35. The van der Waals surface area contributed by atoms with Crippen LogP contribution in [0, 0.1) is 5.92 Å². The Labute approximate surface area is 164 Å². The maximum atomic E-state index is 12.5. The van der Waals surface area contributed by atoms with Crippen molar-refractivity contribution in [2.24, 2.45) is 5.92 Å². The van der Waals surface area contributed by atoms with Crippen LogP contribution in [0.3, 0.4) is 0 Å². The maximum Gasteiger partial charge on any atom is 0.308 e. The zero-order valence-corrected chi connectivity index (χ0v) is 15.9. The average Bonchev–Trinajstić information content (AvgIpc) is 3.21. The lowest BCUT2D eigenvalue weighted by atomic mass is 10.1. The molecule has 0 atom stereocenters. The van der Waals surface area contributed by atoms with Gasteiger partial charge >= 0.3 is 5.97 Å². The molecule has 0 saturated heterocycles. The fourth-order valence-corrected chi connectivity index (χ4v) is 3.35. The molecule has 0 aromatic heterocycles. The van der Waals surface area contributed by atoms with Gasteiger partial charge in [0.1, 0.15) is 5.75 Å². The van der Waals surface area contributed by atoms with Crippen molar-refractivity contribution >= 4 is 23.5 Å². The number of anilines is 1. The second-order valence-corrected chi connectivity index (χ2v) is 6.98. The Balaban J connectivity index is 1.60. The molecule has 3 rings (SSSR count). The number of rotatable bonds is 6. The number of hydrogen-bond acceptors (Lipinski definition) is 4. The summed E-state index contributed by atoms with van der Waals surface area (Å²) in [6.45, 7) is 1.74. The van der Waals surface area contributed by atoms with Gasteiger partial charge in [0, 0.05) is 30.6 Å². The second kappa shape index (κ2) is 9.17. The van der Waals surface area contributed by atoms with E-state index in [1.54, 1.807) is 24.3 Å². The highest BCUT2D eigenvalue weighted by Crippen LogP contribution is 2.24. The van der Waals surface area contributed by atoms with Crippen LogP contribution in [-0.4, -0.2) is 17.8 Å². The zero-order chi connectivity index (χ0) is 19.9. The van der Waals surface area contributed by atoms with Gasteiger partial charge in [-0.2, -0.15) is 0 Å². The van der Waals surface area contributed by atoms with E-state index >= 15 is 0 Å². The number of amides is 2. The van der Waals surface area contributed by atoms with E-state index in [9.17, 15) is 14.4 Å². The lowest BCUT2D eigenvalue weighted by molar-refractivity contribution is -0.132. The quantitative estimate of drug-likeness (QED) is 0.591. The first-order chi connectivity index (χ1) is 13.5. The van der Waals surface area contributed by atoms with Crippen LogP contribution in [0.5, 0.6) is 5.75 Å². The maximum absolute atomic E-state index is 12.5. The number of carbonyl (C=O) groups excluding carboxylic acids is 3. The molecule has 2 amide bonds. The van der Waals surface area contributed by atoms with Crippen LogP contribution in [0.15, 0.2) is 48.5 Å². The summed E-state index contributed by atoms with van der Waals surface area (Å²) in [6, 6.07) is 13.8. The molecule has 28 heavy (non-hydrogen) atoms. The van der Waals surface area contributed by atoms with Gasteiger partial charge in [0.2, 0.25) is 5.91 Å². The van der Waals surface area contributed by atoms with Crippen LogP contribution in [0.25, 0.3) is 0 Å². The number of benzene rings is 2. The normalized spacial score (nSPS) is 13.8. The van der Waals surface area contributed by atoms with E-state index in [1.807, 2.05) is 18.2 Å². The van der Waals surface area contributed by atoms with Crippen molar-refractivity contribution in [2.75, 3.05) is 5.32 Å². The van der Waals surface area contributed by atoms with E-state index in [0.717, 1.165) is 31.2 Å². The standard InChI is InChI=1S/C22H24N2O4/c1-15(25)28-20-11-5-9-18(13-20)22(27)24-19-10-4-6-16(12-19)14-23-21(26)17-7-2-3-8-17/h4-6,9-13,17H,2-3,7-8,14H2,1H3,(H,23,26)(H,24,27). The predicted octanol–water partition coefficient (Wildman–Crippen LogP) is 3.67. The third-order valence-electron chi connectivity index (χ3n) is 4.74. The molecule has 0 bridgehead atoms. The van der Waals surface area contributed by atoms with Crippen molar-refractivity contribution in [1.29, 1.82) is 0 Å². The van der Waals surface area contributed by atoms with Gasteiger partial charge in [0.25, 0.3) is 5.91 Å². The minimum atomic E-state index is -0.440. The van der Waals surface area contributed by atoms with Crippen LogP contribution in [-0.2, 0) is 16.1 Å². The van der Waals surface area contributed by atoms with Crippen LogP contribution in [0.1, 0.15) is 48.5 Å². The molecule has 146 valence electrons. The molecular weight excluding hydrogens is 356 g/mol. The second-order valence-electron chi connectivity index (χ2n) is 6.98. The van der Waals surface area contributed by atoms with E-state index in [1.165, 1.54) is 13.0 Å². The number of nitrogens with one attached hydrogen (secondary N) is 2. The minimum Gasteiger partial charge on any atom is -0.427 e. The lowest BCUT2D eigenvalue weighted by Gasteiger charge is -2.12. The monoisotopic (exact) mass is 380 g/mol. The lowest BCUT2D eigenvalue weighted by Crippen LogP contribution is -2.28. The van der Waals surface area contributed by atoms with Gasteiger partial charge in [0.15, 0.2) is 0 Å². The molecule has 0 unspecified atom stereocenters. The predicted molar refractivity (Wildman–Crippen MR) is 106 cm³/mol. The van der Waals surface area contributed by atoms with Gasteiger partial charge in [-0.3, -0.25) is 14.4 Å². The number of ether oxygens (including phenoxy) is 1. The molecule has 0 heterocycles. The van der Waals surface area contributed by atoms with Gasteiger partial charge in [-0.1, -0.05) is 31.0 Å². The van der Waals surface area contributed by atoms with Crippen LogP contribution in [0.2, 0.25) is 0 Å². The Morgan fingerprint density at radius 2 is 1.79 bits per heavy atom. The first kappa shape index (κ1) is 19.6. The van der Waals surface area contributed by atoms with Gasteiger partial charge < -0.3 is 15.4 Å². The SMILES string of the molecule is CC(=O)Oc1cccc(C(=O)Nc2cccc(CNC(=O)C3CCCC3)c2)c1. The molecule has 1 saturated carbocycles. The fraction of sp³-hybridized carbons (Fsp3) is 0.318. The van der Waals surface area contributed by atoms with Crippen molar-refractivity contribution < 1.29 is 19.1 Å². The van der Waals surface area contributed by atoms with Crippen LogP contribution in [0.4, 0.5) is 5.69 Å². The van der Waals surface area contributed by atoms with E-state index in [4.69, 9.17) is 4.74 Å². The summed E-state index contributed by atoms with van der Waals surface area (Å²) < 4.78 is 5.01. The summed E-state index contributed by atoms with van der Waals surface area (Å²) in [5.41, 5.74) is 1.94. The molecule has 1 aliphatic rings. The van der Waals surface area contributed by atoms with Crippen molar-refractivity contribution in [3.05, 3.63) is 59.7 Å². The molecule has 2 N–H and O–H groups in total. The summed E-state index contributed by atoms with van der Waals surface area (Å²) >= 11 is 0. The molecule has 6 nitrogen and oxygen atoms in total. The Kier molecular flexibility index (Phi) is 6.42. The molecule has 1 aliphatic carbocycles. The Morgan fingerprint density at radius 1 is 1.04 bits per heavy atom. The molecule has 0 radical (unpaired) electrons. The highest BCUT2D eigenvalue weighted by Gasteiger charge is 2.22. The molecule has 0 aliphatic heterocycles. The van der Waals surface area contributed by atoms with Gasteiger partial charge in [0.05, 0.1) is 0 Å². The Hall–Kier alpha value is -3.15. The third kappa shape index (κ3) is 5.42. The average molecular weight is 380 g/mol. The van der Waals surface area contributed by atoms with E-state index in [-0.39, 0.29) is 17.7 Å². The van der Waals surface area contributed by atoms with Crippen molar-refractivity contribution in [1.82, 2.24) is 5.32 Å². The van der Waals surface area contributed by atoms with Crippen molar-refractivity contribution in [3.63, 3.8) is 0 Å². The minimum absolute atomic E-state index is 0.106. The Morgan fingerprint density at radius 3 is 2.54 bits per heavy atom. The highest BCUT2D eigenvalue weighted by molar-refractivity contribution is 6.04. The molecule has 1 fully saturated rings. The number of esters is 1. The van der Waals surface area contributed by atoms with E-state index in [2.05, 4.69) is 10.6 Å². The summed E-state index contributed by atoms with van der Waals surface area (Å²) in [6.07, 6.45) is 4.18. The van der Waals surface area contributed by atoms with Crippen LogP contribution >= 0.6 is 0 Å². The van der Waals surface area contributed by atoms with Gasteiger partial charge in [-0.25, -0.2) is 0 Å². The van der Waals surface area contributed by atoms with Crippen molar-refractivity contribution in [2.45, 2.75) is 39.2 Å². The highest BCUT2D eigenvalue weighted by atomic mass is 16.5. The first-order valence-corrected chi connectivity index (χ1v) is 9.48. The van der Waals surface area contributed by atoms with E-state index in [0.29, 0.717) is 23.5 Å². The molecule has 0 spiro atoms. The zero-order valence-electron chi connectivity index (χ0n) is 15.9. The summed E-state index contributed by atoms with van der Waals surface area (Å²) in [5, 5.41) is 5.81. The van der Waals surface area contributed by atoms with Crippen LogP contribution < -0.4 is 15.4 Å². The summed E-state index contributed by atoms with van der Waals surface area (Å²) in [4.78, 5) is 35.7. The summed E-state index contributed by atoms with van der Waals surface area (Å²) in [7, 11) is 0. The van der Waals surface area contributed by atoms with Crippen molar-refractivity contribution in [3.8, 4) is 5.75 Å². The third-order valence-corrected chi connectivity index (χ3v) is 4.74. The Bertz CT molecular complexity index is 872. The molecule has 2 aromatic carbocycles. The van der Waals surface area contributed by atoms with Gasteiger partial charge in [-0.05, 0) is 48.7 Å².